The highest BCUT2D eigenvalue weighted by Gasteiger charge is 2.14. The standard InChI is InChI=1S/C10H23NO/c1-3-5-9(6-4-2)10(11)7-8-12/h9-10,12H,3-8,11H2,1-2H3. The molecule has 0 saturated carbocycles. The third kappa shape index (κ3) is 4.73. The maximum atomic E-state index is 8.74. The van der Waals surface area contributed by atoms with Crippen LogP contribution in [0.4, 0.5) is 0 Å². The van der Waals surface area contributed by atoms with Crippen LogP contribution in [0.3, 0.4) is 0 Å². The van der Waals surface area contributed by atoms with Crippen LogP contribution in [0.1, 0.15) is 46.0 Å². The van der Waals surface area contributed by atoms with Crippen LogP contribution in [-0.2, 0) is 0 Å². The first-order valence-electron chi connectivity index (χ1n) is 5.12. The van der Waals surface area contributed by atoms with E-state index in [2.05, 4.69) is 13.8 Å². The summed E-state index contributed by atoms with van der Waals surface area (Å²) >= 11 is 0. The SMILES string of the molecule is CCCC(CCC)C(N)CCO. The summed E-state index contributed by atoms with van der Waals surface area (Å²) in [5, 5.41) is 8.74. The van der Waals surface area contributed by atoms with E-state index in [9.17, 15) is 0 Å². The molecule has 0 bridgehead atoms. The molecule has 0 heterocycles. The minimum Gasteiger partial charge on any atom is -0.396 e. The topological polar surface area (TPSA) is 46.2 Å². The zero-order valence-electron chi connectivity index (χ0n) is 8.42. The molecule has 3 N–H and O–H groups in total. The molecule has 12 heavy (non-hydrogen) atoms. The van der Waals surface area contributed by atoms with Gasteiger partial charge in [-0.1, -0.05) is 26.7 Å². The third-order valence-electron chi connectivity index (χ3n) is 2.39. The highest BCUT2D eigenvalue weighted by atomic mass is 16.3. The molecule has 0 aliphatic carbocycles. The molecule has 1 atom stereocenters. The fourth-order valence-corrected chi connectivity index (χ4v) is 1.70. The van der Waals surface area contributed by atoms with Gasteiger partial charge in [0.05, 0.1) is 0 Å². The average Bonchev–Trinajstić information content (AvgIpc) is 2.04. The fourth-order valence-electron chi connectivity index (χ4n) is 1.70. The largest absolute Gasteiger partial charge is 0.396 e. The number of nitrogens with two attached hydrogens (primary N) is 1. The molecule has 0 amide bonds. The van der Waals surface area contributed by atoms with Gasteiger partial charge >= 0.3 is 0 Å². The van der Waals surface area contributed by atoms with Gasteiger partial charge in [-0.25, -0.2) is 0 Å². The average molecular weight is 173 g/mol. The van der Waals surface area contributed by atoms with Crippen molar-refractivity contribution in [3.05, 3.63) is 0 Å². The second-order valence-corrected chi connectivity index (χ2v) is 3.51. The lowest BCUT2D eigenvalue weighted by molar-refractivity contribution is 0.244. The van der Waals surface area contributed by atoms with Crippen LogP contribution >= 0.6 is 0 Å². The summed E-state index contributed by atoms with van der Waals surface area (Å²) in [4.78, 5) is 0. The summed E-state index contributed by atoms with van der Waals surface area (Å²) in [5.41, 5.74) is 5.94. The summed E-state index contributed by atoms with van der Waals surface area (Å²) in [5.74, 6) is 0.618. The molecule has 2 nitrogen and oxygen atoms in total. The van der Waals surface area contributed by atoms with Crippen LogP contribution in [0, 0.1) is 5.92 Å². The van der Waals surface area contributed by atoms with E-state index in [1.54, 1.807) is 0 Å². The fraction of sp³-hybridized carbons (Fsp3) is 1.00. The van der Waals surface area contributed by atoms with Crippen molar-refractivity contribution in [2.75, 3.05) is 6.61 Å². The Morgan fingerprint density at radius 2 is 1.58 bits per heavy atom. The van der Waals surface area contributed by atoms with Crippen molar-refractivity contribution in [1.82, 2.24) is 0 Å². The second-order valence-electron chi connectivity index (χ2n) is 3.51. The van der Waals surface area contributed by atoms with E-state index in [1.165, 1.54) is 25.7 Å². The lowest BCUT2D eigenvalue weighted by Gasteiger charge is -2.22. The van der Waals surface area contributed by atoms with Crippen molar-refractivity contribution in [2.45, 2.75) is 52.0 Å². The predicted octanol–water partition coefficient (Wildman–Crippen LogP) is 1.91. The van der Waals surface area contributed by atoms with Gasteiger partial charge in [0, 0.05) is 12.6 Å². The van der Waals surface area contributed by atoms with Crippen LogP contribution in [0.25, 0.3) is 0 Å². The molecule has 0 aromatic heterocycles. The lowest BCUT2D eigenvalue weighted by Crippen LogP contribution is -2.31. The van der Waals surface area contributed by atoms with E-state index < -0.39 is 0 Å². The summed E-state index contributed by atoms with van der Waals surface area (Å²) in [7, 11) is 0. The molecule has 0 saturated heterocycles. The van der Waals surface area contributed by atoms with Crippen LogP contribution in [-0.4, -0.2) is 17.8 Å². The number of hydrogen-bond acceptors (Lipinski definition) is 2. The van der Waals surface area contributed by atoms with Gasteiger partial charge < -0.3 is 10.8 Å². The lowest BCUT2D eigenvalue weighted by atomic mass is 9.89. The van der Waals surface area contributed by atoms with E-state index in [0.717, 1.165) is 6.42 Å². The highest BCUT2D eigenvalue weighted by Crippen LogP contribution is 2.18. The molecule has 0 fully saturated rings. The first kappa shape index (κ1) is 11.9. The minimum atomic E-state index is 0.204. The van der Waals surface area contributed by atoms with Crippen molar-refractivity contribution in [3.63, 3.8) is 0 Å². The van der Waals surface area contributed by atoms with Crippen LogP contribution in [0.15, 0.2) is 0 Å². The van der Waals surface area contributed by atoms with Crippen molar-refractivity contribution in [3.8, 4) is 0 Å². The van der Waals surface area contributed by atoms with Gasteiger partial charge in [-0.2, -0.15) is 0 Å². The maximum Gasteiger partial charge on any atom is 0.0445 e. The quantitative estimate of drug-likeness (QED) is 0.618. The normalized spacial score (nSPS) is 13.8. The van der Waals surface area contributed by atoms with E-state index in [-0.39, 0.29) is 12.6 Å². The van der Waals surface area contributed by atoms with E-state index >= 15 is 0 Å². The summed E-state index contributed by atoms with van der Waals surface area (Å²) in [6, 6.07) is 0.204. The minimum absolute atomic E-state index is 0.204. The van der Waals surface area contributed by atoms with Gasteiger partial charge in [-0.3, -0.25) is 0 Å². The predicted molar refractivity (Wildman–Crippen MR) is 53.0 cm³/mol. The highest BCUT2D eigenvalue weighted by molar-refractivity contribution is 4.71. The summed E-state index contributed by atoms with van der Waals surface area (Å²) in [6.45, 7) is 4.60. The Kier molecular flexibility index (Phi) is 7.51. The smallest absolute Gasteiger partial charge is 0.0445 e. The molecule has 0 aliphatic heterocycles. The van der Waals surface area contributed by atoms with E-state index in [1.807, 2.05) is 0 Å². The first-order chi connectivity index (χ1) is 5.76. The van der Waals surface area contributed by atoms with Crippen molar-refractivity contribution in [2.24, 2.45) is 11.7 Å². The van der Waals surface area contributed by atoms with Gasteiger partial charge in [0.15, 0.2) is 0 Å². The molecule has 1 unspecified atom stereocenters. The Labute approximate surface area is 76.2 Å². The van der Waals surface area contributed by atoms with Crippen molar-refractivity contribution >= 4 is 0 Å². The molecule has 0 aliphatic rings. The number of aliphatic hydroxyl groups excluding tert-OH is 1. The monoisotopic (exact) mass is 173 g/mol. The zero-order chi connectivity index (χ0) is 9.40. The van der Waals surface area contributed by atoms with Crippen molar-refractivity contribution in [1.29, 1.82) is 0 Å². The Hall–Kier alpha value is -0.0800. The number of rotatable bonds is 7. The Morgan fingerprint density at radius 1 is 1.08 bits per heavy atom. The Morgan fingerprint density at radius 3 is 1.92 bits per heavy atom. The molecular formula is C10H23NO. The Bertz CT molecular complexity index is 89.8. The first-order valence-corrected chi connectivity index (χ1v) is 5.12. The molecule has 74 valence electrons. The molecule has 0 spiro atoms. The molecule has 0 aromatic carbocycles. The van der Waals surface area contributed by atoms with Gasteiger partial charge in [-0.15, -0.1) is 0 Å². The molecule has 0 aromatic rings. The van der Waals surface area contributed by atoms with Gasteiger partial charge in [0.25, 0.3) is 0 Å². The van der Waals surface area contributed by atoms with E-state index in [0.29, 0.717) is 5.92 Å². The third-order valence-corrected chi connectivity index (χ3v) is 2.39. The summed E-state index contributed by atoms with van der Waals surface area (Å²) in [6.07, 6.45) is 5.56. The summed E-state index contributed by atoms with van der Waals surface area (Å²) < 4.78 is 0. The van der Waals surface area contributed by atoms with Crippen LogP contribution in [0.2, 0.25) is 0 Å². The van der Waals surface area contributed by atoms with E-state index in [4.69, 9.17) is 10.8 Å². The van der Waals surface area contributed by atoms with Gasteiger partial charge in [0.1, 0.15) is 0 Å². The van der Waals surface area contributed by atoms with Crippen molar-refractivity contribution < 1.29 is 5.11 Å². The molecule has 0 rings (SSSR count). The number of aliphatic hydroxyl groups is 1. The van der Waals surface area contributed by atoms with Gasteiger partial charge in [0.2, 0.25) is 0 Å². The molecule has 2 heteroatoms. The molecule has 0 radical (unpaired) electrons. The second kappa shape index (κ2) is 7.56. The van der Waals surface area contributed by atoms with Crippen LogP contribution < -0.4 is 5.73 Å². The van der Waals surface area contributed by atoms with Crippen LogP contribution in [0.5, 0.6) is 0 Å². The molecular weight excluding hydrogens is 150 g/mol. The number of hydrogen-bond donors (Lipinski definition) is 2. The van der Waals surface area contributed by atoms with Gasteiger partial charge in [-0.05, 0) is 25.2 Å². The zero-order valence-corrected chi connectivity index (χ0v) is 8.42. The maximum absolute atomic E-state index is 8.74. The Balaban J connectivity index is 3.72.